The number of nitrogens with zero attached hydrogens (tertiary/aromatic N) is 1. The lowest BCUT2D eigenvalue weighted by molar-refractivity contribution is 0.0942. The summed E-state index contributed by atoms with van der Waals surface area (Å²) in [6.45, 7) is 6.47. The van der Waals surface area contributed by atoms with E-state index in [9.17, 15) is 13.2 Å². The van der Waals surface area contributed by atoms with Gasteiger partial charge in [-0.2, -0.15) is 0 Å². The van der Waals surface area contributed by atoms with E-state index in [0.29, 0.717) is 12.2 Å². The van der Waals surface area contributed by atoms with Crippen LogP contribution in [0.15, 0.2) is 17.2 Å². The van der Waals surface area contributed by atoms with Gasteiger partial charge in [0.15, 0.2) is 0 Å². The molecule has 21 heavy (non-hydrogen) atoms. The average Bonchev–Trinajstić information content (AvgIpc) is 2.83. The minimum atomic E-state index is -3.83. The molecule has 0 bridgehead atoms. The number of amides is 1. The molecule has 5 nitrogen and oxygen atoms in total. The fourth-order valence-corrected chi connectivity index (χ4v) is 2.79. The zero-order valence-corrected chi connectivity index (χ0v) is 14.3. The van der Waals surface area contributed by atoms with Gasteiger partial charge < -0.3 is 9.88 Å². The third-order valence-corrected chi connectivity index (χ3v) is 4.53. The highest BCUT2D eigenvalue weighted by molar-refractivity contribution is 8.13. The van der Waals surface area contributed by atoms with Crippen molar-refractivity contribution >= 4 is 25.6 Å². The van der Waals surface area contributed by atoms with Crippen LogP contribution in [0.3, 0.4) is 0 Å². The Morgan fingerprint density at radius 1 is 1.33 bits per heavy atom. The van der Waals surface area contributed by atoms with Crippen LogP contribution in [-0.2, 0) is 9.05 Å². The van der Waals surface area contributed by atoms with E-state index in [0.717, 1.165) is 25.7 Å². The summed E-state index contributed by atoms with van der Waals surface area (Å²) in [7, 11) is 1.51. The zero-order valence-electron chi connectivity index (χ0n) is 12.7. The molecule has 0 aliphatic carbocycles. The average molecular weight is 335 g/mol. The Labute approximate surface area is 131 Å². The molecule has 0 atom stereocenters. The van der Waals surface area contributed by atoms with Crippen molar-refractivity contribution in [1.82, 2.24) is 9.88 Å². The lowest BCUT2D eigenvalue weighted by Gasteiger charge is -2.12. The highest BCUT2D eigenvalue weighted by Crippen LogP contribution is 2.21. The summed E-state index contributed by atoms with van der Waals surface area (Å²) in [5.74, 6) is -0.272. The molecule has 1 rings (SSSR count). The lowest BCUT2D eigenvalue weighted by Crippen LogP contribution is -2.27. The van der Waals surface area contributed by atoms with Gasteiger partial charge in [-0.05, 0) is 26.3 Å². The van der Waals surface area contributed by atoms with Gasteiger partial charge in [0.05, 0.1) is 0 Å². The number of aromatic nitrogens is 1. The smallest absolute Gasteiger partial charge is 0.267 e. The van der Waals surface area contributed by atoms with Gasteiger partial charge in [-0.1, -0.05) is 26.2 Å². The van der Waals surface area contributed by atoms with Crippen LogP contribution in [-0.4, -0.2) is 25.4 Å². The Morgan fingerprint density at radius 3 is 2.52 bits per heavy atom. The molecule has 0 spiro atoms. The number of carbonyl (C=O) groups excluding carboxylic acids is 1. The number of hydrogen-bond donors (Lipinski definition) is 1. The van der Waals surface area contributed by atoms with Crippen LogP contribution in [0.4, 0.5) is 0 Å². The standard InChI is InChI=1S/C14H23ClN2O3S/c1-4-5-6-7-8-16-14(18)13-9-12(21(15,19)20)10-17(13)11(2)3/h9-11H,4-8H2,1-3H3,(H,16,18). The minimum Gasteiger partial charge on any atom is -0.351 e. The third kappa shape index (κ3) is 5.36. The molecular weight excluding hydrogens is 312 g/mol. The maximum Gasteiger partial charge on any atom is 0.267 e. The van der Waals surface area contributed by atoms with Gasteiger partial charge in [0, 0.05) is 29.5 Å². The Balaban J connectivity index is 2.81. The molecule has 1 heterocycles. The van der Waals surface area contributed by atoms with Gasteiger partial charge in [0.25, 0.3) is 15.0 Å². The molecule has 1 N–H and O–H groups in total. The molecule has 1 aromatic heterocycles. The van der Waals surface area contributed by atoms with Crippen LogP contribution in [0, 0.1) is 0 Å². The lowest BCUT2D eigenvalue weighted by atomic mass is 10.2. The number of nitrogens with one attached hydrogen (secondary N) is 1. The quantitative estimate of drug-likeness (QED) is 0.585. The number of rotatable bonds is 8. The highest BCUT2D eigenvalue weighted by Gasteiger charge is 2.20. The number of carbonyl (C=O) groups is 1. The summed E-state index contributed by atoms with van der Waals surface area (Å²) in [6, 6.07) is 1.29. The molecule has 1 aromatic rings. The van der Waals surface area contributed by atoms with Crippen molar-refractivity contribution < 1.29 is 13.2 Å². The first-order valence-corrected chi connectivity index (χ1v) is 9.53. The summed E-state index contributed by atoms with van der Waals surface area (Å²) in [5.41, 5.74) is 0.319. The zero-order chi connectivity index (χ0) is 16.0. The summed E-state index contributed by atoms with van der Waals surface area (Å²) >= 11 is 0. The van der Waals surface area contributed by atoms with Gasteiger partial charge in [-0.25, -0.2) is 8.42 Å². The number of unbranched alkanes of at least 4 members (excludes halogenated alkanes) is 3. The molecule has 7 heteroatoms. The van der Waals surface area contributed by atoms with Crippen LogP contribution in [0.25, 0.3) is 0 Å². The summed E-state index contributed by atoms with van der Waals surface area (Å²) in [4.78, 5) is 12.1. The first-order valence-electron chi connectivity index (χ1n) is 7.22. The molecule has 0 aliphatic rings. The molecule has 120 valence electrons. The van der Waals surface area contributed by atoms with Crippen LogP contribution >= 0.6 is 10.7 Å². The molecule has 0 fully saturated rings. The topological polar surface area (TPSA) is 68.2 Å². The van der Waals surface area contributed by atoms with Crippen molar-refractivity contribution in [3.63, 3.8) is 0 Å². The molecule has 0 unspecified atom stereocenters. The van der Waals surface area contributed by atoms with Crippen molar-refractivity contribution in [2.45, 2.75) is 57.4 Å². The fourth-order valence-electron chi connectivity index (χ4n) is 2.04. The Kier molecular flexibility index (Phi) is 6.74. The molecule has 0 aromatic carbocycles. The summed E-state index contributed by atoms with van der Waals surface area (Å²) in [6.07, 6.45) is 5.68. The van der Waals surface area contributed by atoms with Gasteiger partial charge in [0.2, 0.25) is 0 Å². The van der Waals surface area contributed by atoms with Gasteiger partial charge in [0.1, 0.15) is 10.6 Å². The van der Waals surface area contributed by atoms with Gasteiger partial charge >= 0.3 is 0 Å². The van der Waals surface area contributed by atoms with Crippen molar-refractivity contribution in [2.75, 3.05) is 6.54 Å². The van der Waals surface area contributed by atoms with E-state index in [2.05, 4.69) is 12.2 Å². The monoisotopic (exact) mass is 334 g/mol. The second-order valence-corrected chi connectivity index (χ2v) is 7.88. The van der Waals surface area contributed by atoms with Crippen molar-refractivity contribution in [3.8, 4) is 0 Å². The van der Waals surface area contributed by atoms with Crippen LogP contribution in [0.5, 0.6) is 0 Å². The van der Waals surface area contributed by atoms with E-state index in [1.807, 2.05) is 13.8 Å². The first kappa shape index (κ1) is 18.0. The van der Waals surface area contributed by atoms with Crippen LogP contribution in [0.1, 0.15) is 63.0 Å². The van der Waals surface area contributed by atoms with Crippen LogP contribution in [0.2, 0.25) is 0 Å². The molecule has 0 saturated carbocycles. The third-order valence-electron chi connectivity index (χ3n) is 3.21. The molecule has 0 radical (unpaired) electrons. The fraction of sp³-hybridized carbons (Fsp3) is 0.643. The van der Waals surface area contributed by atoms with E-state index in [1.165, 1.54) is 12.3 Å². The van der Waals surface area contributed by atoms with Crippen molar-refractivity contribution in [1.29, 1.82) is 0 Å². The van der Waals surface area contributed by atoms with E-state index in [1.54, 1.807) is 4.57 Å². The largest absolute Gasteiger partial charge is 0.351 e. The maximum atomic E-state index is 12.2. The highest BCUT2D eigenvalue weighted by atomic mass is 35.7. The molecular formula is C14H23ClN2O3S. The summed E-state index contributed by atoms with van der Waals surface area (Å²) < 4.78 is 24.4. The Morgan fingerprint density at radius 2 is 2.00 bits per heavy atom. The second-order valence-electron chi connectivity index (χ2n) is 5.32. The van der Waals surface area contributed by atoms with Gasteiger partial charge in [-0.15, -0.1) is 0 Å². The van der Waals surface area contributed by atoms with Gasteiger partial charge in [-0.3, -0.25) is 4.79 Å². The maximum absolute atomic E-state index is 12.2. The Bertz CT molecular complexity index is 579. The SMILES string of the molecule is CCCCCCNC(=O)c1cc(S(=O)(=O)Cl)cn1C(C)C. The predicted molar refractivity (Wildman–Crippen MR) is 84.3 cm³/mol. The van der Waals surface area contributed by atoms with Crippen LogP contribution < -0.4 is 5.32 Å². The Hall–Kier alpha value is -1.01. The van der Waals surface area contributed by atoms with Crippen molar-refractivity contribution in [3.05, 3.63) is 18.0 Å². The van der Waals surface area contributed by atoms with E-state index >= 15 is 0 Å². The minimum absolute atomic E-state index is 0.0296. The van der Waals surface area contributed by atoms with E-state index < -0.39 is 9.05 Å². The van der Waals surface area contributed by atoms with E-state index in [-0.39, 0.29) is 16.8 Å². The number of halogens is 1. The van der Waals surface area contributed by atoms with E-state index in [4.69, 9.17) is 10.7 Å². The normalized spacial score (nSPS) is 11.9. The predicted octanol–water partition coefficient (Wildman–Crippen LogP) is 3.31. The second kappa shape index (κ2) is 7.84. The molecule has 0 saturated heterocycles. The summed E-state index contributed by atoms with van der Waals surface area (Å²) in [5, 5.41) is 2.82. The van der Waals surface area contributed by atoms with Crippen molar-refractivity contribution in [2.24, 2.45) is 0 Å². The number of hydrogen-bond acceptors (Lipinski definition) is 3. The molecule has 1 amide bonds. The molecule has 0 aliphatic heterocycles. The first-order chi connectivity index (χ1) is 9.77.